The fourth-order valence-electron chi connectivity index (χ4n) is 4.75. The molecule has 0 saturated carbocycles. The number of alkyl halides is 6. The normalized spacial score (nSPS) is 16.0. The van der Waals surface area contributed by atoms with Crippen molar-refractivity contribution >= 4 is 48.5 Å². The molecular formula is C27H23F6N7O7S2. The number of hydrogen-bond donors (Lipinski definition) is 3. The number of benzene rings is 2. The Kier molecular flexibility index (Phi) is 9.75. The quantitative estimate of drug-likeness (QED) is 0.217. The minimum Gasteiger partial charge on any atom is -0.406 e. The maximum atomic E-state index is 13.8. The van der Waals surface area contributed by atoms with Crippen LogP contribution in [0.5, 0.6) is 11.5 Å². The fraction of sp³-hybridized carbons (Fsp3) is 0.296. The molecule has 3 N–H and O–H groups in total. The van der Waals surface area contributed by atoms with Crippen LogP contribution in [-0.4, -0.2) is 85.2 Å². The number of carbonyl (C=O) groups excluding carboxylic acids is 2. The summed E-state index contributed by atoms with van der Waals surface area (Å²) in [7, 11) is -3.18. The summed E-state index contributed by atoms with van der Waals surface area (Å²) >= 11 is 0.866. The highest BCUT2D eigenvalue weighted by Gasteiger charge is 2.41. The Balaban J connectivity index is 1.43. The van der Waals surface area contributed by atoms with Crippen molar-refractivity contribution in [1.82, 2.24) is 30.1 Å². The van der Waals surface area contributed by atoms with Gasteiger partial charge in [0.1, 0.15) is 27.8 Å². The molecule has 2 aromatic carbocycles. The second-order valence-electron chi connectivity index (χ2n) is 10.2. The first-order chi connectivity index (χ1) is 22.9. The van der Waals surface area contributed by atoms with Crippen molar-refractivity contribution in [3.63, 3.8) is 0 Å². The number of rotatable bonds is 9. The number of piperazine rings is 1. The standard InChI is InChI=1S/C27H23F6N7O7S2/c1-34-23(42)20-19-21(24(43)38-37-20)48-25(36-19)39-10-11-40(49(44,45)17-8-6-16(7-9-17)47-27(31,32)33)18(13-39)22(41)35-12-14-2-4-15(5-3-14)46-26(28,29)30/h2-9,18H,10-13H2,1H3,(H,34,42)(H,35,41)(H,38,43)/t18-/m1/s1. The maximum absolute atomic E-state index is 13.8. The van der Waals surface area contributed by atoms with Gasteiger partial charge in [0.25, 0.3) is 11.5 Å². The summed E-state index contributed by atoms with van der Waals surface area (Å²) in [6, 6.07) is 6.44. The van der Waals surface area contributed by atoms with E-state index in [1.54, 1.807) is 0 Å². The summed E-state index contributed by atoms with van der Waals surface area (Å²) in [5.74, 6) is -2.66. The van der Waals surface area contributed by atoms with E-state index in [4.69, 9.17) is 0 Å². The van der Waals surface area contributed by atoms with Crippen LogP contribution < -0.4 is 30.6 Å². The molecule has 0 spiro atoms. The predicted molar refractivity (Wildman–Crippen MR) is 159 cm³/mol. The van der Waals surface area contributed by atoms with Crippen LogP contribution in [-0.2, 0) is 21.4 Å². The van der Waals surface area contributed by atoms with Crippen LogP contribution in [0.25, 0.3) is 10.2 Å². The highest BCUT2D eigenvalue weighted by molar-refractivity contribution is 7.89. The first kappa shape index (κ1) is 35.3. The smallest absolute Gasteiger partial charge is 0.406 e. The molecule has 3 heterocycles. The molecule has 1 saturated heterocycles. The number of aromatic amines is 1. The van der Waals surface area contributed by atoms with E-state index in [1.165, 1.54) is 24.1 Å². The predicted octanol–water partition coefficient (Wildman–Crippen LogP) is 2.73. The summed E-state index contributed by atoms with van der Waals surface area (Å²) in [6.45, 7) is -0.979. The molecule has 0 unspecified atom stereocenters. The molecule has 4 aromatic rings. The number of hydrogen-bond acceptors (Lipinski definition) is 11. The number of nitrogens with zero attached hydrogens (tertiary/aromatic N) is 4. The van der Waals surface area contributed by atoms with Gasteiger partial charge in [0.2, 0.25) is 15.9 Å². The second kappa shape index (κ2) is 13.5. The zero-order chi connectivity index (χ0) is 35.7. The van der Waals surface area contributed by atoms with Gasteiger partial charge in [0.05, 0.1) is 4.90 Å². The molecule has 5 rings (SSSR count). The van der Waals surface area contributed by atoms with Crippen LogP contribution in [0.2, 0.25) is 0 Å². The van der Waals surface area contributed by atoms with Crippen LogP contribution in [0.15, 0.2) is 58.2 Å². The number of amides is 2. The zero-order valence-corrected chi connectivity index (χ0v) is 26.4. The van der Waals surface area contributed by atoms with Crippen LogP contribution in [0, 0.1) is 0 Å². The monoisotopic (exact) mass is 735 g/mol. The van der Waals surface area contributed by atoms with E-state index in [2.05, 4.69) is 35.3 Å². The Labute approximate surface area is 275 Å². The summed E-state index contributed by atoms with van der Waals surface area (Å²) in [5.41, 5.74) is -0.519. The minimum absolute atomic E-state index is 0.0294. The first-order valence-electron chi connectivity index (χ1n) is 13.8. The number of halogens is 6. The van der Waals surface area contributed by atoms with Crippen LogP contribution in [0.4, 0.5) is 31.5 Å². The van der Waals surface area contributed by atoms with Crippen LogP contribution in [0.1, 0.15) is 16.1 Å². The second-order valence-corrected chi connectivity index (χ2v) is 13.0. The third-order valence-corrected chi connectivity index (χ3v) is 9.99. The summed E-state index contributed by atoms with van der Waals surface area (Å²) in [4.78, 5) is 43.9. The van der Waals surface area contributed by atoms with E-state index in [0.717, 1.165) is 52.0 Å². The molecule has 1 aliphatic heterocycles. The average molecular weight is 736 g/mol. The van der Waals surface area contributed by atoms with Gasteiger partial charge in [-0.1, -0.05) is 23.5 Å². The van der Waals surface area contributed by atoms with Crippen molar-refractivity contribution in [2.75, 3.05) is 31.6 Å². The van der Waals surface area contributed by atoms with Gasteiger partial charge in [0, 0.05) is 33.2 Å². The topological polar surface area (TPSA) is 176 Å². The SMILES string of the molecule is CNC(=O)c1n[nH]c(=O)c2sc(N3CCN(S(=O)(=O)c4ccc(OC(F)(F)F)cc4)[C@@H](C(=O)NCc4ccc(OC(F)(F)F)cc4)C3)nc12. The van der Waals surface area contributed by atoms with E-state index >= 15 is 0 Å². The molecule has 2 amide bonds. The van der Waals surface area contributed by atoms with Gasteiger partial charge in [-0.25, -0.2) is 18.5 Å². The highest BCUT2D eigenvalue weighted by Crippen LogP contribution is 2.32. The van der Waals surface area contributed by atoms with Gasteiger partial charge in [-0.3, -0.25) is 14.4 Å². The Morgan fingerprint density at radius 1 is 0.980 bits per heavy atom. The number of thiazole rings is 1. The molecule has 0 bridgehead atoms. The molecule has 0 radical (unpaired) electrons. The van der Waals surface area contributed by atoms with Crippen molar-refractivity contribution < 1.29 is 53.8 Å². The van der Waals surface area contributed by atoms with E-state index in [1.807, 2.05) is 0 Å². The average Bonchev–Trinajstić information content (AvgIpc) is 3.49. The summed E-state index contributed by atoms with van der Waals surface area (Å²) in [5, 5.41) is 11.0. The molecule has 2 aromatic heterocycles. The lowest BCUT2D eigenvalue weighted by Crippen LogP contribution is -2.60. The summed E-state index contributed by atoms with van der Waals surface area (Å²) in [6.07, 6.45) is -9.94. The van der Waals surface area contributed by atoms with Gasteiger partial charge in [-0.2, -0.15) is 9.40 Å². The fourth-order valence-corrected chi connectivity index (χ4v) is 7.31. The first-order valence-corrected chi connectivity index (χ1v) is 16.1. The van der Waals surface area contributed by atoms with Crippen molar-refractivity contribution in [1.29, 1.82) is 0 Å². The van der Waals surface area contributed by atoms with E-state index in [9.17, 15) is 49.1 Å². The van der Waals surface area contributed by atoms with Gasteiger partial charge < -0.3 is 25.0 Å². The number of anilines is 1. The molecule has 1 aliphatic rings. The minimum atomic E-state index is -5.02. The molecular weight excluding hydrogens is 712 g/mol. The Bertz CT molecular complexity index is 2020. The zero-order valence-electron chi connectivity index (χ0n) is 24.8. The van der Waals surface area contributed by atoms with Crippen molar-refractivity contribution in [2.45, 2.75) is 30.2 Å². The number of fused-ring (bicyclic) bond motifs is 1. The van der Waals surface area contributed by atoms with Gasteiger partial charge in [-0.15, -0.1) is 26.3 Å². The largest absolute Gasteiger partial charge is 0.573 e. The third kappa shape index (κ3) is 8.20. The maximum Gasteiger partial charge on any atom is 0.573 e. The van der Waals surface area contributed by atoms with E-state index < -0.39 is 62.6 Å². The van der Waals surface area contributed by atoms with Crippen molar-refractivity contribution in [3.05, 3.63) is 70.1 Å². The summed E-state index contributed by atoms with van der Waals surface area (Å²) < 4.78 is 111. The van der Waals surface area contributed by atoms with E-state index in [0.29, 0.717) is 5.56 Å². The van der Waals surface area contributed by atoms with Gasteiger partial charge in [-0.05, 0) is 42.0 Å². The third-order valence-electron chi connectivity index (χ3n) is 6.95. The molecule has 14 nitrogen and oxygen atoms in total. The molecule has 22 heteroatoms. The van der Waals surface area contributed by atoms with Crippen molar-refractivity contribution in [2.24, 2.45) is 0 Å². The van der Waals surface area contributed by atoms with E-state index in [-0.39, 0.29) is 47.2 Å². The number of sulfonamides is 1. The lowest BCUT2D eigenvalue weighted by atomic mass is 10.1. The van der Waals surface area contributed by atoms with Gasteiger partial charge >= 0.3 is 12.7 Å². The number of nitrogens with one attached hydrogen (secondary N) is 3. The molecule has 262 valence electrons. The highest BCUT2D eigenvalue weighted by atomic mass is 32.2. The number of H-pyrrole nitrogens is 1. The lowest BCUT2D eigenvalue weighted by molar-refractivity contribution is -0.275. The van der Waals surface area contributed by atoms with Crippen LogP contribution in [0.3, 0.4) is 0 Å². The van der Waals surface area contributed by atoms with Crippen molar-refractivity contribution in [3.8, 4) is 11.5 Å². The molecule has 1 atom stereocenters. The number of ether oxygens (including phenoxy) is 2. The molecule has 49 heavy (non-hydrogen) atoms. The molecule has 1 fully saturated rings. The Morgan fingerprint density at radius 3 is 2.14 bits per heavy atom. The Hall–Kier alpha value is -4.96. The van der Waals surface area contributed by atoms with Gasteiger partial charge in [0.15, 0.2) is 10.8 Å². The number of aromatic nitrogens is 3. The van der Waals surface area contributed by atoms with Crippen LogP contribution >= 0.6 is 11.3 Å². The Morgan fingerprint density at radius 2 is 1.57 bits per heavy atom. The lowest BCUT2D eigenvalue weighted by Gasteiger charge is -2.39. The molecule has 0 aliphatic carbocycles. The number of carbonyl (C=O) groups is 2.